The molecule has 2 heteroatoms. The van der Waals surface area contributed by atoms with Crippen LogP contribution in [0.25, 0.3) is 4.85 Å². The van der Waals surface area contributed by atoms with Crippen LogP contribution in [0, 0.1) is 45.6 Å². The quantitative estimate of drug-likeness (QED) is 0.568. The number of rotatable bonds is 0. The van der Waals surface area contributed by atoms with Crippen molar-refractivity contribution in [2.75, 3.05) is 0 Å². The van der Waals surface area contributed by atoms with Crippen molar-refractivity contribution in [3.63, 3.8) is 0 Å². The number of hydrogen-bond acceptors (Lipinski definition) is 1. The maximum atomic E-state index is 8.98. The molecule has 14 heavy (non-hydrogen) atoms. The van der Waals surface area contributed by atoms with Crippen molar-refractivity contribution in [3.8, 4) is 6.07 Å². The molecule has 0 heterocycles. The van der Waals surface area contributed by atoms with Gasteiger partial charge in [0, 0.05) is 0 Å². The lowest BCUT2D eigenvalue weighted by Gasteiger charge is -2.12. The minimum absolute atomic E-state index is 0.508. The van der Waals surface area contributed by atoms with E-state index in [1.54, 1.807) is 0 Å². The van der Waals surface area contributed by atoms with Gasteiger partial charge in [0.2, 0.25) is 5.69 Å². The van der Waals surface area contributed by atoms with Gasteiger partial charge in [0.05, 0.1) is 18.2 Å². The van der Waals surface area contributed by atoms with E-state index in [9.17, 15) is 0 Å². The minimum Gasteiger partial charge on any atom is -0.236 e. The second kappa shape index (κ2) is 3.52. The third kappa shape index (κ3) is 1.26. The molecule has 0 aliphatic heterocycles. The van der Waals surface area contributed by atoms with Crippen LogP contribution < -0.4 is 0 Å². The molecule has 1 aromatic rings. The van der Waals surface area contributed by atoms with Crippen molar-refractivity contribution in [2.45, 2.75) is 27.7 Å². The molecular weight excluding hydrogens is 172 g/mol. The molecule has 0 bridgehead atoms. The summed E-state index contributed by atoms with van der Waals surface area (Å²) in [6.07, 6.45) is 0. The van der Waals surface area contributed by atoms with E-state index < -0.39 is 0 Å². The van der Waals surface area contributed by atoms with E-state index in [2.05, 4.69) is 10.9 Å². The molecule has 0 unspecified atom stereocenters. The van der Waals surface area contributed by atoms with Crippen LogP contribution in [0.1, 0.15) is 27.8 Å². The Labute approximate surface area is 84.6 Å². The van der Waals surface area contributed by atoms with Gasteiger partial charge in [-0.3, -0.25) is 0 Å². The molecule has 0 spiro atoms. The molecule has 70 valence electrons. The first-order valence-electron chi connectivity index (χ1n) is 4.42. The summed E-state index contributed by atoms with van der Waals surface area (Å²) in [5.74, 6) is 0. The largest absolute Gasteiger partial charge is 0.236 e. The van der Waals surface area contributed by atoms with Gasteiger partial charge in [-0.1, -0.05) is 5.56 Å². The van der Waals surface area contributed by atoms with E-state index in [0.29, 0.717) is 11.3 Å². The maximum absolute atomic E-state index is 8.98. The van der Waals surface area contributed by atoms with Crippen LogP contribution in [-0.2, 0) is 0 Å². The van der Waals surface area contributed by atoms with Crippen molar-refractivity contribution in [1.82, 2.24) is 0 Å². The highest BCUT2D eigenvalue weighted by Crippen LogP contribution is 2.32. The zero-order valence-corrected chi connectivity index (χ0v) is 8.89. The van der Waals surface area contributed by atoms with Gasteiger partial charge in [-0.2, -0.15) is 5.26 Å². The SMILES string of the molecule is [C-]#[N+]c1c(C)c(C)c(C)c(C)c1C#N. The fraction of sp³-hybridized carbons (Fsp3) is 0.333. The Morgan fingerprint density at radius 2 is 1.50 bits per heavy atom. The highest BCUT2D eigenvalue weighted by molar-refractivity contribution is 5.70. The second-order valence-corrected chi connectivity index (χ2v) is 3.45. The second-order valence-electron chi connectivity index (χ2n) is 3.45. The molecular formula is C12H12N2. The van der Waals surface area contributed by atoms with Crippen LogP contribution in [0.3, 0.4) is 0 Å². The summed E-state index contributed by atoms with van der Waals surface area (Å²) in [7, 11) is 0. The van der Waals surface area contributed by atoms with E-state index in [1.807, 2.05) is 27.7 Å². The number of hydrogen-bond donors (Lipinski definition) is 0. The van der Waals surface area contributed by atoms with Crippen molar-refractivity contribution in [3.05, 3.63) is 39.2 Å². The Hall–Kier alpha value is -1.80. The lowest BCUT2D eigenvalue weighted by molar-refractivity contribution is 1.21. The molecule has 0 aliphatic carbocycles. The zero-order valence-electron chi connectivity index (χ0n) is 8.89. The van der Waals surface area contributed by atoms with Crippen LogP contribution in [0.5, 0.6) is 0 Å². The summed E-state index contributed by atoms with van der Waals surface area (Å²) >= 11 is 0. The predicted molar refractivity (Wildman–Crippen MR) is 56.4 cm³/mol. The van der Waals surface area contributed by atoms with Gasteiger partial charge in [0.15, 0.2) is 0 Å². The first kappa shape index (κ1) is 10.3. The molecule has 0 aromatic heterocycles. The zero-order chi connectivity index (χ0) is 10.9. The molecule has 2 nitrogen and oxygen atoms in total. The average molecular weight is 184 g/mol. The van der Waals surface area contributed by atoms with Gasteiger partial charge in [-0.05, 0) is 44.4 Å². The van der Waals surface area contributed by atoms with Crippen molar-refractivity contribution < 1.29 is 0 Å². The molecule has 0 amide bonds. The lowest BCUT2D eigenvalue weighted by atomic mass is 9.93. The fourth-order valence-electron chi connectivity index (χ4n) is 1.57. The summed E-state index contributed by atoms with van der Waals surface area (Å²) in [5.41, 5.74) is 5.13. The van der Waals surface area contributed by atoms with Crippen LogP contribution >= 0.6 is 0 Å². The highest BCUT2D eigenvalue weighted by atomic mass is 14.7. The highest BCUT2D eigenvalue weighted by Gasteiger charge is 2.14. The molecule has 0 N–H and O–H groups in total. The van der Waals surface area contributed by atoms with Gasteiger partial charge in [-0.25, -0.2) is 4.85 Å². The van der Waals surface area contributed by atoms with E-state index in [0.717, 1.165) is 22.3 Å². The van der Waals surface area contributed by atoms with Gasteiger partial charge in [-0.15, -0.1) is 0 Å². The third-order valence-electron chi connectivity index (χ3n) is 2.88. The first-order valence-corrected chi connectivity index (χ1v) is 4.42. The molecule has 1 rings (SSSR count). The summed E-state index contributed by atoms with van der Waals surface area (Å²) in [5, 5.41) is 8.98. The Balaban J connectivity index is 3.79. The Kier molecular flexibility index (Phi) is 2.58. The van der Waals surface area contributed by atoms with Gasteiger partial charge >= 0.3 is 0 Å². The van der Waals surface area contributed by atoms with Crippen LogP contribution in [0.4, 0.5) is 5.69 Å². The van der Waals surface area contributed by atoms with E-state index in [4.69, 9.17) is 11.8 Å². The van der Waals surface area contributed by atoms with Crippen LogP contribution in [-0.4, -0.2) is 0 Å². The predicted octanol–water partition coefficient (Wildman–Crippen LogP) is 3.34. The van der Waals surface area contributed by atoms with Crippen molar-refractivity contribution in [1.29, 1.82) is 5.26 Å². The monoisotopic (exact) mass is 184 g/mol. The van der Waals surface area contributed by atoms with E-state index >= 15 is 0 Å². The molecule has 0 saturated carbocycles. The first-order chi connectivity index (χ1) is 6.54. The fourth-order valence-corrected chi connectivity index (χ4v) is 1.57. The van der Waals surface area contributed by atoms with Crippen LogP contribution in [0.15, 0.2) is 0 Å². The van der Waals surface area contributed by atoms with Gasteiger partial charge < -0.3 is 0 Å². The molecule has 0 fully saturated rings. The number of benzene rings is 1. The van der Waals surface area contributed by atoms with E-state index in [1.165, 1.54) is 0 Å². The van der Waals surface area contributed by atoms with E-state index in [-0.39, 0.29) is 0 Å². The molecule has 0 saturated heterocycles. The molecule has 1 aromatic carbocycles. The Bertz CT molecular complexity index is 426. The summed E-state index contributed by atoms with van der Waals surface area (Å²) in [6, 6.07) is 2.11. The summed E-state index contributed by atoms with van der Waals surface area (Å²) < 4.78 is 0. The normalized spacial score (nSPS) is 9.29. The average Bonchev–Trinajstić information content (AvgIpc) is 2.20. The summed E-state index contributed by atoms with van der Waals surface area (Å²) in [6.45, 7) is 14.8. The number of nitriles is 1. The van der Waals surface area contributed by atoms with Crippen molar-refractivity contribution in [2.24, 2.45) is 0 Å². The van der Waals surface area contributed by atoms with Gasteiger partial charge in [0.25, 0.3) is 0 Å². The minimum atomic E-state index is 0.508. The molecule has 0 atom stereocenters. The third-order valence-corrected chi connectivity index (χ3v) is 2.88. The van der Waals surface area contributed by atoms with Crippen LogP contribution in [0.2, 0.25) is 0 Å². The molecule has 0 aliphatic rings. The summed E-state index contributed by atoms with van der Waals surface area (Å²) in [4.78, 5) is 3.43. The Morgan fingerprint density at radius 1 is 1.00 bits per heavy atom. The van der Waals surface area contributed by atoms with Crippen molar-refractivity contribution >= 4 is 5.69 Å². The number of nitrogens with zero attached hydrogens (tertiary/aromatic N) is 2. The smallest absolute Gasteiger partial charge is 0.208 e. The lowest BCUT2D eigenvalue weighted by Crippen LogP contribution is -1.95. The maximum Gasteiger partial charge on any atom is 0.208 e. The van der Waals surface area contributed by atoms with Gasteiger partial charge in [0.1, 0.15) is 0 Å². The Morgan fingerprint density at radius 3 is 1.93 bits per heavy atom. The topological polar surface area (TPSA) is 28.1 Å². The standard InChI is InChI=1S/C12H12N2/c1-7-8(2)10(4)12(14-5)11(6-13)9(7)3/h1-4H3. The molecule has 0 radical (unpaired) electrons.